The van der Waals surface area contributed by atoms with E-state index in [0.29, 0.717) is 26.3 Å². The Morgan fingerprint density at radius 2 is 2.00 bits per heavy atom. The minimum Gasteiger partial charge on any atom is -0.351 e. The van der Waals surface area contributed by atoms with Crippen molar-refractivity contribution in [2.75, 3.05) is 19.8 Å². The number of carbonyl (C=O) groups excluding carboxylic acids is 1. The van der Waals surface area contributed by atoms with Gasteiger partial charge < -0.3 is 14.8 Å². The number of halogens is 1. The minimum atomic E-state index is -0.400. The lowest BCUT2D eigenvalue weighted by molar-refractivity contribution is -0.145. The fourth-order valence-corrected chi connectivity index (χ4v) is 2.76. The third kappa shape index (κ3) is 6.22. The first-order chi connectivity index (χ1) is 12.1. The highest BCUT2D eigenvalue weighted by atomic mass is 79.9. The molecule has 1 aromatic carbocycles. The largest absolute Gasteiger partial charge is 0.351 e. The first kappa shape index (κ1) is 19.6. The second-order valence-corrected chi connectivity index (χ2v) is 6.12. The lowest BCUT2D eigenvalue weighted by Gasteiger charge is -2.16. The maximum absolute atomic E-state index is 12.2. The van der Waals surface area contributed by atoms with Crippen LogP contribution >= 0.6 is 15.9 Å². The summed E-state index contributed by atoms with van der Waals surface area (Å²) in [5, 5.41) is 10.7. The Kier molecular flexibility index (Phi) is 8.03. The molecule has 0 saturated carbocycles. The molecular weight excluding hydrogens is 388 g/mol. The summed E-state index contributed by atoms with van der Waals surface area (Å²) < 4.78 is 13.5. The quantitative estimate of drug-likeness (QED) is 0.608. The normalized spacial score (nSPS) is 11.0. The Bertz CT molecular complexity index is 671. The number of hydrogen-bond acceptors (Lipinski definition) is 5. The first-order valence-electron chi connectivity index (χ1n) is 8.29. The van der Waals surface area contributed by atoms with Gasteiger partial charge in [-0.1, -0.05) is 39.3 Å². The summed E-state index contributed by atoms with van der Waals surface area (Å²) in [7, 11) is 0. The highest BCUT2D eigenvalue weighted by molar-refractivity contribution is 9.10. The van der Waals surface area contributed by atoms with Gasteiger partial charge in [0.1, 0.15) is 0 Å². The number of nitrogens with one attached hydrogen (secondary N) is 1. The number of rotatable bonds is 10. The number of hydrogen-bond donors (Lipinski definition) is 1. The summed E-state index contributed by atoms with van der Waals surface area (Å²) in [5.74, 6) is -0.248. The lowest BCUT2D eigenvalue weighted by atomic mass is 10.1. The number of amides is 1. The summed E-state index contributed by atoms with van der Waals surface area (Å²) in [5.41, 5.74) is 1.42. The van der Waals surface area contributed by atoms with E-state index in [1.807, 2.05) is 38.1 Å². The molecule has 0 spiro atoms. The van der Waals surface area contributed by atoms with E-state index in [1.54, 1.807) is 10.9 Å². The van der Waals surface area contributed by atoms with E-state index in [9.17, 15) is 4.79 Å². The predicted molar refractivity (Wildman–Crippen MR) is 97.2 cm³/mol. The Morgan fingerprint density at radius 3 is 2.68 bits per heavy atom. The molecule has 7 nitrogen and oxygen atoms in total. The number of carbonyl (C=O) groups is 1. The molecule has 0 aliphatic rings. The average Bonchev–Trinajstić information content (AvgIpc) is 3.05. The van der Waals surface area contributed by atoms with Crippen molar-refractivity contribution in [1.29, 1.82) is 0 Å². The highest BCUT2D eigenvalue weighted by Crippen LogP contribution is 2.15. The minimum absolute atomic E-state index is 0.248. The average molecular weight is 411 g/mol. The van der Waals surface area contributed by atoms with E-state index in [0.717, 1.165) is 16.5 Å². The van der Waals surface area contributed by atoms with Gasteiger partial charge in [0, 0.05) is 24.2 Å². The molecule has 1 heterocycles. The summed E-state index contributed by atoms with van der Waals surface area (Å²) >= 11 is 3.50. The van der Waals surface area contributed by atoms with Gasteiger partial charge >= 0.3 is 0 Å². The molecule has 0 radical (unpaired) electrons. The predicted octanol–water partition coefficient (Wildman–Crippen LogP) is 2.41. The second-order valence-electron chi connectivity index (χ2n) is 5.26. The zero-order chi connectivity index (χ0) is 18.1. The Balaban J connectivity index is 1.84. The van der Waals surface area contributed by atoms with Gasteiger partial charge in [-0.25, -0.2) is 4.68 Å². The molecule has 1 N–H and O–H groups in total. The van der Waals surface area contributed by atoms with Gasteiger partial charge in [0.2, 0.25) is 0 Å². The summed E-state index contributed by atoms with van der Waals surface area (Å²) in [6.07, 6.45) is 1.93. The molecule has 1 aromatic heterocycles. The molecule has 25 heavy (non-hydrogen) atoms. The van der Waals surface area contributed by atoms with Gasteiger partial charge in [0.15, 0.2) is 12.0 Å². The lowest BCUT2D eigenvalue weighted by Crippen LogP contribution is -2.26. The van der Waals surface area contributed by atoms with Gasteiger partial charge in [-0.2, -0.15) is 0 Å². The topological polar surface area (TPSA) is 78.3 Å². The molecule has 1 amide bonds. The maximum Gasteiger partial charge on any atom is 0.273 e. The molecular formula is C17H23BrN4O3. The van der Waals surface area contributed by atoms with Crippen molar-refractivity contribution in [2.45, 2.75) is 33.1 Å². The number of nitrogens with zero attached hydrogens (tertiary/aromatic N) is 3. The molecule has 136 valence electrons. The molecule has 2 aromatic rings. The highest BCUT2D eigenvalue weighted by Gasteiger charge is 2.14. The molecule has 0 unspecified atom stereocenters. The van der Waals surface area contributed by atoms with Gasteiger partial charge in [-0.3, -0.25) is 4.79 Å². The van der Waals surface area contributed by atoms with Crippen molar-refractivity contribution in [2.24, 2.45) is 0 Å². The Labute approximate surface area is 155 Å². The summed E-state index contributed by atoms with van der Waals surface area (Å²) in [6, 6.07) is 7.94. The standard InChI is InChI=1S/C17H23BrN4O3/c1-3-24-16(25-4-2)12-22-11-15(20-21-22)17(23)19-10-9-13-7-5-6-8-14(13)18/h5-8,11,16H,3-4,9-10,12H2,1-2H3,(H,19,23). The van der Waals surface area contributed by atoms with Gasteiger partial charge in [0.25, 0.3) is 5.91 Å². The van der Waals surface area contributed by atoms with E-state index in [-0.39, 0.29) is 11.6 Å². The van der Waals surface area contributed by atoms with Gasteiger partial charge in [0.05, 0.1) is 12.7 Å². The van der Waals surface area contributed by atoms with Crippen LogP contribution in [0.1, 0.15) is 29.9 Å². The maximum atomic E-state index is 12.2. The fraction of sp³-hybridized carbons (Fsp3) is 0.471. The van der Waals surface area contributed by atoms with Crippen LogP contribution in [0.25, 0.3) is 0 Å². The number of ether oxygens (including phenoxy) is 2. The number of benzene rings is 1. The van der Waals surface area contributed by atoms with Gasteiger partial charge in [-0.05, 0) is 31.9 Å². The molecule has 0 fully saturated rings. The molecule has 2 rings (SSSR count). The first-order valence-corrected chi connectivity index (χ1v) is 9.08. The van der Waals surface area contributed by atoms with Crippen molar-refractivity contribution in [1.82, 2.24) is 20.3 Å². The van der Waals surface area contributed by atoms with E-state index in [1.165, 1.54) is 0 Å². The van der Waals surface area contributed by atoms with Crippen LogP contribution in [0.4, 0.5) is 0 Å². The van der Waals surface area contributed by atoms with Crippen molar-refractivity contribution in [3.8, 4) is 0 Å². The SMILES string of the molecule is CCOC(Cn1cc(C(=O)NCCc2ccccc2Br)nn1)OCC. The molecule has 0 bridgehead atoms. The van der Waals surface area contributed by atoms with Crippen molar-refractivity contribution in [3.63, 3.8) is 0 Å². The summed E-state index contributed by atoms with van der Waals surface area (Å²) in [6.45, 7) is 5.80. The van der Waals surface area contributed by atoms with E-state index in [4.69, 9.17) is 9.47 Å². The van der Waals surface area contributed by atoms with Crippen molar-refractivity contribution < 1.29 is 14.3 Å². The van der Waals surface area contributed by atoms with E-state index < -0.39 is 6.29 Å². The fourth-order valence-electron chi connectivity index (χ4n) is 2.27. The van der Waals surface area contributed by atoms with Crippen LogP contribution < -0.4 is 5.32 Å². The van der Waals surface area contributed by atoms with Crippen LogP contribution in [0.15, 0.2) is 34.9 Å². The van der Waals surface area contributed by atoms with Crippen LogP contribution in [0.3, 0.4) is 0 Å². The smallest absolute Gasteiger partial charge is 0.273 e. The molecule has 0 atom stereocenters. The van der Waals surface area contributed by atoms with Gasteiger partial charge in [-0.15, -0.1) is 5.10 Å². The summed E-state index contributed by atoms with van der Waals surface area (Å²) in [4.78, 5) is 12.2. The van der Waals surface area contributed by atoms with Crippen LogP contribution in [-0.4, -0.2) is 46.9 Å². The van der Waals surface area contributed by atoms with Crippen molar-refractivity contribution >= 4 is 21.8 Å². The zero-order valence-corrected chi connectivity index (χ0v) is 16.0. The van der Waals surface area contributed by atoms with Crippen LogP contribution in [0.5, 0.6) is 0 Å². The van der Waals surface area contributed by atoms with Crippen LogP contribution in [0, 0.1) is 0 Å². The van der Waals surface area contributed by atoms with E-state index in [2.05, 4.69) is 31.6 Å². The zero-order valence-electron chi connectivity index (χ0n) is 14.4. The third-order valence-electron chi connectivity index (χ3n) is 3.45. The molecule has 8 heteroatoms. The van der Waals surface area contributed by atoms with Crippen molar-refractivity contribution in [3.05, 3.63) is 46.2 Å². The molecule has 0 saturated heterocycles. The molecule has 0 aliphatic carbocycles. The Morgan fingerprint density at radius 1 is 1.28 bits per heavy atom. The van der Waals surface area contributed by atoms with Crippen LogP contribution in [-0.2, 0) is 22.4 Å². The van der Waals surface area contributed by atoms with Crippen LogP contribution in [0.2, 0.25) is 0 Å². The monoisotopic (exact) mass is 410 g/mol. The second kappa shape index (κ2) is 10.3. The third-order valence-corrected chi connectivity index (χ3v) is 4.22. The van der Waals surface area contributed by atoms with E-state index >= 15 is 0 Å². The Hall–Kier alpha value is -1.77. The number of aromatic nitrogens is 3. The molecule has 0 aliphatic heterocycles.